The van der Waals surface area contributed by atoms with Crippen LogP contribution in [-0.2, 0) is 6.61 Å². The van der Waals surface area contributed by atoms with Gasteiger partial charge in [-0.1, -0.05) is 11.6 Å². The largest absolute Gasteiger partial charge is 0.445 e. The quantitative estimate of drug-likeness (QED) is 0.286. The summed E-state index contributed by atoms with van der Waals surface area (Å²) in [7, 11) is 0. The highest BCUT2D eigenvalue weighted by Gasteiger charge is 2.13. The van der Waals surface area contributed by atoms with E-state index < -0.39 is 0 Å². The maximum absolute atomic E-state index is 9.54. The van der Waals surface area contributed by atoms with Crippen LogP contribution in [0.3, 0.4) is 0 Å². The van der Waals surface area contributed by atoms with Gasteiger partial charge < -0.3 is 15.3 Å². The van der Waals surface area contributed by atoms with E-state index >= 15 is 0 Å². The highest BCUT2D eigenvalue weighted by Crippen LogP contribution is 2.32. The van der Waals surface area contributed by atoms with Gasteiger partial charge in [0.1, 0.15) is 11.3 Å². The van der Waals surface area contributed by atoms with Crippen LogP contribution in [0.4, 0.5) is 5.69 Å². The summed E-state index contributed by atoms with van der Waals surface area (Å²) < 4.78 is 5.31. The zero-order valence-corrected chi connectivity index (χ0v) is 16.5. The van der Waals surface area contributed by atoms with Gasteiger partial charge in [0.05, 0.1) is 35.2 Å². The standard InChI is InChI=1S/C19H15ClN6O2S/c20-16-13-8-24-26-14(13)1-2-15(16)25-19(22)29-17(21)11-5-10(9-27)6-12(7-11)18-23-3-4-28-18/h1-8,21,27H,9H2,(H2,22,25)(H,24,26). The van der Waals surface area contributed by atoms with Gasteiger partial charge in [0.15, 0.2) is 5.17 Å². The number of aliphatic imine (C=N–C) groups is 1. The molecule has 0 aliphatic carbocycles. The van der Waals surface area contributed by atoms with Gasteiger partial charge in [0.2, 0.25) is 5.89 Å². The molecule has 29 heavy (non-hydrogen) atoms. The monoisotopic (exact) mass is 426 g/mol. The molecule has 0 saturated heterocycles. The van der Waals surface area contributed by atoms with E-state index in [1.165, 1.54) is 12.5 Å². The molecule has 10 heteroatoms. The number of H-pyrrole nitrogens is 1. The van der Waals surface area contributed by atoms with Crippen LogP contribution >= 0.6 is 23.4 Å². The zero-order valence-electron chi connectivity index (χ0n) is 14.9. The lowest BCUT2D eigenvalue weighted by Crippen LogP contribution is -2.10. The van der Waals surface area contributed by atoms with E-state index in [1.807, 2.05) is 6.07 Å². The average Bonchev–Trinajstić information content (AvgIpc) is 3.42. The Kier molecular flexibility index (Phi) is 5.34. The first-order valence-electron chi connectivity index (χ1n) is 8.42. The number of thioether (sulfide) groups is 1. The highest BCUT2D eigenvalue weighted by atomic mass is 35.5. The number of rotatable bonds is 4. The molecule has 2 aromatic heterocycles. The number of aliphatic hydroxyl groups is 1. The van der Waals surface area contributed by atoms with Gasteiger partial charge in [-0.25, -0.2) is 9.98 Å². The molecule has 2 aromatic carbocycles. The average molecular weight is 427 g/mol. The number of nitrogens with zero attached hydrogens (tertiary/aromatic N) is 3. The number of fused-ring (bicyclic) bond motifs is 1. The number of nitrogens with two attached hydrogens (primary N) is 1. The van der Waals surface area contributed by atoms with E-state index in [9.17, 15) is 5.11 Å². The molecular weight excluding hydrogens is 412 g/mol. The van der Waals surface area contributed by atoms with Gasteiger partial charge in [0, 0.05) is 16.5 Å². The second-order valence-corrected chi connectivity index (χ2v) is 7.43. The predicted molar refractivity (Wildman–Crippen MR) is 115 cm³/mol. The van der Waals surface area contributed by atoms with Gasteiger partial charge >= 0.3 is 0 Å². The summed E-state index contributed by atoms with van der Waals surface area (Å²) in [6.07, 6.45) is 4.62. The number of benzene rings is 2. The highest BCUT2D eigenvalue weighted by molar-refractivity contribution is 8.26. The number of halogens is 1. The third-order valence-electron chi connectivity index (χ3n) is 4.09. The number of aliphatic hydroxyl groups excluding tert-OH is 1. The van der Waals surface area contributed by atoms with Crippen molar-refractivity contribution in [1.82, 2.24) is 15.2 Å². The van der Waals surface area contributed by atoms with Crippen molar-refractivity contribution < 1.29 is 9.52 Å². The lowest BCUT2D eigenvalue weighted by atomic mass is 10.1. The second kappa shape index (κ2) is 8.08. The van der Waals surface area contributed by atoms with E-state index in [0.717, 1.165) is 22.7 Å². The smallest absolute Gasteiger partial charge is 0.225 e. The molecule has 0 fully saturated rings. The first kappa shape index (κ1) is 19.2. The Morgan fingerprint density at radius 1 is 1.34 bits per heavy atom. The zero-order chi connectivity index (χ0) is 20.4. The summed E-state index contributed by atoms with van der Waals surface area (Å²) in [4.78, 5) is 8.44. The van der Waals surface area contributed by atoms with E-state index in [1.54, 1.807) is 30.5 Å². The SMILES string of the molecule is N=C(SC(N)=Nc1ccc2[nH]ncc2c1Cl)c1cc(CO)cc(-c2ncco2)c1. The molecule has 2 heterocycles. The van der Waals surface area contributed by atoms with Crippen molar-refractivity contribution >= 4 is 50.2 Å². The van der Waals surface area contributed by atoms with Crippen molar-refractivity contribution in [3.63, 3.8) is 0 Å². The molecule has 4 rings (SSSR count). The summed E-state index contributed by atoms with van der Waals surface area (Å²) in [5.41, 5.74) is 9.18. The summed E-state index contributed by atoms with van der Waals surface area (Å²) in [5.74, 6) is 0.404. The predicted octanol–water partition coefficient (Wildman–Crippen LogP) is 4.07. The van der Waals surface area contributed by atoms with E-state index in [0.29, 0.717) is 33.3 Å². The number of nitrogens with one attached hydrogen (secondary N) is 2. The van der Waals surface area contributed by atoms with E-state index in [2.05, 4.69) is 20.2 Å². The van der Waals surface area contributed by atoms with E-state index in [-0.39, 0.29) is 16.8 Å². The van der Waals surface area contributed by atoms with Crippen molar-refractivity contribution in [2.24, 2.45) is 10.7 Å². The second-order valence-electron chi connectivity index (χ2n) is 6.03. The van der Waals surface area contributed by atoms with Crippen LogP contribution in [0.2, 0.25) is 5.02 Å². The number of oxazole rings is 1. The maximum atomic E-state index is 9.54. The molecule has 0 radical (unpaired) electrons. The Balaban J connectivity index is 1.60. The van der Waals surface area contributed by atoms with Gasteiger partial charge in [-0.3, -0.25) is 10.5 Å². The van der Waals surface area contributed by atoms with Crippen LogP contribution < -0.4 is 5.73 Å². The molecule has 146 valence electrons. The fourth-order valence-electron chi connectivity index (χ4n) is 2.77. The molecule has 0 aliphatic heterocycles. The third-order valence-corrected chi connectivity index (χ3v) is 5.23. The molecule has 0 saturated carbocycles. The molecule has 0 aliphatic rings. The van der Waals surface area contributed by atoms with Crippen LogP contribution in [0.5, 0.6) is 0 Å². The van der Waals surface area contributed by atoms with E-state index in [4.69, 9.17) is 27.2 Å². The fourth-order valence-corrected chi connectivity index (χ4v) is 3.61. The minimum atomic E-state index is -0.177. The Labute approximate surface area is 174 Å². The molecule has 8 nitrogen and oxygen atoms in total. The fraction of sp³-hybridized carbons (Fsp3) is 0.0526. The number of aromatic amines is 1. The summed E-state index contributed by atoms with van der Waals surface area (Å²) in [6, 6.07) is 8.75. The number of hydrogen-bond donors (Lipinski definition) is 4. The lowest BCUT2D eigenvalue weighted by Gasteiger charge is -2.08. The molecule has 0 spiro atoms. The Hall–Kier alpha value is -3.14. The summed E-state index contributed by atoms with van der Waals surface area (Å²) in [5, 5.41) is 26.2. The first-order chi connectivity index (χ1) is 14.0. The number of amidine groups is 1. The summed E-state index contributed by atoms with van der Waals surface area (Å²) in [6.45, 7) is -0.177. The number of aromatic nitrogens is 3. The van der Waals surface area contributed by atoms with Crippen molar-refractivity contribution in [3.05, 3.63) is 65.1 Å². The van der Waals surface area contributed by atoms with Crippen molar-refractivity contribution in [2.45, 2.75) is 6.61 Å². The minimum Gasteiger partial charge on any atom is -0.445 e. The van der Waals surface area contributed by atoms with Crippen molar-refractivity contribution in [2.75, 3.05) is 0 Å². The minimum absolute atomic E-state index is 0.159. The molecule has 5 N–H and O–H groups in total. The lowest BCUT2D eigenvalue weighted by molar-refractivity contribution is 0.282. The van der Waals surface area contributed by atoms with Crippen LogP contribution in [0.15, 0.2) is 58.4 Å². The van der Waals surface area contributed by atoms with Gasteiger partial charge in [-0.05, 0) is 47.7 Å². The van der Waals surface area contributed by atoms with Crippen LogP contribution in [0.1, 0.15) is 11.1 Å². The maximum Gasteiger partial charge on any atom is 0.225 e. The van der Waals surface area contributed by atoms with Crippen LogP contribution in [0.25, 0.3) is 22.4 Å². The summed E-state index contributed by atoms with van der Waals surface area (Å²) >= 11 is 7.35. The first-order valence-corrected chi connectivity index (χ1v) is 9.62. The molecular formula is C19H15ClN6O2S. The van der Waals surface area contributed by atoms with Gasteiger partial charge in [0.25, 0.3) is 0 Å². The van der Waals surface area contributed by atoms with Crippen LogP contribution in [-0.4, -0.2) is 30.5 Å². The molecule has 4 aromatic rings. The van der Waals surface area contributed by atoms with Crippen molar-refractivity contribution in [1.29, 1.82) is 5.41 Å². The Morgan fingerprint density at radius 2 is 2.21 bits per heavy atom. The van der Waals surface area contributed by atoms with Gasteiger partial charge in [-0.15, -0.1) is 0 Å². The van der Waals surface area contributed by atoms with Crippen molar-refractivity contribution in [3.8, 4) is 11.5 Å². The van der Waals surface area contributed by atoms with Gasteiger partial charge in [-0.2, -0.15) is 5.10 Å². The van der Waals surface area contributed by atoms with Crippen LogP contribution in [0, 0.1) is 5.41 Å². The Morgan fingerprint density at radius 3 is 2.97 bits per heavy atom. The molecule has 0 bridgehead atoms. The molecule has 0 amide bonds. The third kappa shape index (κ3) is 4.02. The molecule has 0 unspecified atom stereocenters. The normalized spacial score (nSPS) is 11.9. The Bertz CT molecular complexity index is 1220. The number of hydrogen-bond acceptors (Lipinski definition) is 7. The molecule has 0 atom stereocenters. The topological polar surface area (TPSA) is 137 Å².